The Balaban J connectivity index is 1.69. The van der Waals surface area contributed by atoms with Gasteiger partial charge in [0.2, 0.25) is 0 Å². The van der Waals surface area contributed by atoms with Crippen LogP contribution in [0.4, 0.5) is 5.82 Å². The second-order valence-corrected chi connectivity index (χ2v) is 5.35. The SMILES string of the molecule is CCNc1ncc(CCOc2ccnc3ccccc23)cc1B=O. The number of hydrogen-bond acceptors (Lipinski definition) is 5. The van der Waals surface area contributed by atoms with E-state index in [2.05, 4.69) is 15.3 Å². The van der Waals surface area contributed by atoms with Crippen molar-refractivity contribution in [1.29, 1.82) is 0 Å². The van der Waals surface area contributed by atoms with E-state index in [9.17, 15) is 4.70 Å². The molecule has 0 aliphatic rings. The molecule has 3 aromatic rings. The zero-order valence-electron chi connectivity index (χ0n) is 13.5. The molecular formula is C18H18BN3O2. The summed E-state index contributed by atoms with van der Waals surface area (Å²) in [5, 5.41) is 4.07. The zero-order valence-corrected chi connectivity index (χ0v) is 13.5. The molecule has 0 aliphatic carbocycles. The number of rotatable bonds is 7. The Morgan fingerprint density at radius 3 is 2.92 bits per heavy atom. The van der Waals surface area contributed by atoms with Gasteiger partial charge in [-0.1, -0.05) is 0 Å². The van der Waals surface area contributed by atoms with Crippen LogP contribution in [0.15, 0.2) is 48.8 Å². The van der Waals surface area contributed by atoms with Gasteiger partial charge in [-0.05, 0) is 0 Å². The zero-order chi connectivity index (χ0) is 16.8. The van der Waals surface area contributed by atoms with Crippen molar-refractivity contribution < 1.29 is 9.44 Å². The Morgan fingerprint density at radius 2 is 2.08 bits per heavy atom. The number of aromatic nitrogens is 2. The van der Waals surface area contributed by atoms with Crippen molar-refractivity contribution in [3.63, 3.8) is 0 Å². The van der Waals surface area contributed by atoms with Crippen molar-refractivity contribution in [2.75, 3.05) is 18.5 Å². The van der Waals surface area contributed by atoms with Crippen molar-refractivity contribution in [3.05, 3.63) is 54.4 Å². The van der Waals surface area contributed by atoms with Crippen molar-refractivity contribution in [1.82, 2.24) is 9.97 Å². The van der Waals surface area contributed by atoms with Gasteiger partial charge < -0.3 is 0 Å². The first-order valence-electron chi connectivity index (χ1n) is 7.96. The summed E-state index contributed by atoms with van der Waals surface area (Å²) in [6.45, 7) is 3.21. The minimum absolute atomic E-state index is 0.508. The molecule has 0 amide bonds. The van der Waals surface area contributed by atoms with E-state index in [-0.39, 0.29) is 0 Å². The second-order valence-electron chi connectivity index (χ2n) is 5.35. The maximum atomic E-state index is 11.2. The van der Waals surface area contributed by atoms with Crippen LogP contribution < -0.4 is 15.5 Å². The Kier molecular flexibility index (Phi) is 5.16. The molecule has 5 nitrogen and oxygen atoms in total. The molecule has 0 spiro atoms. The van der Waals surface area contributed by atoms with Crippen LogP contribution in [0.1, 0.15) is 12.5 Å². The topological polar surface area (TPSA) is 64.1 Å². The van der Waals surface area contributed by atoms with Crippen LogP contribution in [0.25, 0.3) is 10.9 Å². The number of nitrogens with one attached hydrogen (secondary N) is 1. The van der Waals surface area contributed by atoms with Crippen LogP contribution in [0.3, 0.4) is 0 Å². The molecule has 2 heterocycles. The minimum atomic E-state index is 0.508. The average Bonchev–Trinajstić information content (AvgIpc) is 2.63. The van der Waals surface area contributed by atoms with E-state index in [4.69, 9.17) is 4.74 Å². The molecule has 0 bridgehead atoms. The average molecular weight is 319 g/mol. The molecule has 0 saturated carbocycles. The fourth-order valence-electron chi connectivity index (χ4n) is 2.54. The standard InChI is InChI=1S/C18H18BN3O2/c1-2-20-18-15(19-23)11-13(12-22-18)8-10-24-17-7-9-21-16-6-4-3-5-14(16)17/h3-7,9,11-12H,2,8,10H2,1H3,(H,20,22). The molecule has 24 heavy (non-hydrogen) atoms. The van der Waals surface area contributed by atoms with Crippen molar-refractivity contribution >= 4 is 29.3 Å². The van der Waals surface area contributed by atoms with Crippen molar-refractivity contribution in [2.24, 2.45) is 0 Å². The molecular weight excluding hydrogens is 301 g/mol. The van der Waals surface area contributed by atoms with Gasteiger partial charge in [0, 0.05) is 0 Å². The number of para-hydroxylation sites is 1. The number of ether oxygens (including phenoxy) is 1. The molecule has 1 N–H and O–H groups in total. The first-order chi connectivity index (χ1) is 11.8. The number of hydrogen-bond donors (Lipinski definition) is 1. The van der Waals surface area contributed by atoms with Crippen LogP contribution in [-0.2, 0) is 11.1 Å². The van der Waals surface area contributed by atoms with E-state index in [0.717, 1.165) is 35.9 Å². The summed E-state index contributed by atoms with van der Waals surface area (Å²) in [5.41, 5.74) is 2.45. The quantitative estimate of drug-likeness (QED) is 0.677. The van der Waals surface area contributed by atoms with E-state index in [1.165, 1.54) is 0 Å². The number of anilines is 1. The van der Waals surface area contributed by atoms with Gasteiger partial charge in [-0.2, -0.15) is 0 Å². The van der Waals surface area contributed by atoms with Crippen molar-refractivity contribution in [3.8, 4) is 5.75 Å². The molecule has 0 saturated heterocycles. The fraction of sp³-hybridized carbons (Fsp3) is 0.222. The molecule has 1 aromatic carbocycles. The van der Waals surface area contributed by atoms with Gasteiger partial charge in [0.15, 0.2) is 0 Å². The third-order valence-corrected chi connectivity index (χ3v) is 3.70. The Hall–Kier alpha value is -2.76. The maximum absolute atomic E-state index is 11.2. The Labute approximate surface area is 141 Å². The summed E-state index contributed by atoms with van der Waals surface area (Å²) in [7, 11) is 0.825. The Bertz CT molecular complexity index is 849. The summed E-state index contributed by atoms with van der Waals surface area (Å²) in [5.74, 6) is 1.44. The number of fused-ring (bicyclic) bond motifs is 1. The van der Waals surface area contributed by atoms with Crippen LogP contribution in [0.5, 0.6) is 5.75 Å². The molecule has 0 radical (unpaired) electrons. The normalized spacial score (nSPS) is 10.4. The first-order valence-corrected chi connectivity index (χ1v) is 7.96. The molecule has 0 aliphatic heterocycles. The monoisotopic (exact) mass is 319 g/mol. The summed E-state index contributed by atoms with van der Waals surface area (Å²) < 4.78 is 17.1. The molecule has 2 aromatic heterocycles. The number of pyridine rings is 2. The van der Waals surface area contributed by atoms with Crippen LogP contribution in [0, 0.1) is 0 Å². The summed E-state index contributed by atoms with van der Waals surface area (Å²) >= 11 is 0. The van der Waals surface area contributed by atoms with Gasteiger partial charge in [0.1, 0.15) is 0 Å². The van der Waals surface area contributed by atoms with E-state index < -0.39 is 0 Å². The molecule has 120 valence electrons. The van der Waals surface area contributed by atoms with E-state index in [1.807, 2.05) is 43.3 Å². The van der Waals surface area contributed by atoms with Gasteiger partial charge >= 0.3 is 141 Å². The Morgan fingerprint density at radius 1 is 1.21 bits per heavy atom. The van der Waals surface area contributed by atoms with Gasteiger partial charge in [-0.3, -0.25) is 0 Å². The van der Waals surface area contributed by atoms with Gasteiger partial charge in [-0.25, -0.2) is 0 Å². The van der Waals surface area contributed by atoms with Gasteiger partial charge in [0.25, 0.3) is 0 Å². The number of benzene rings is 1. The van der Waals surface area contributed by atoms with Gasteiger partial charge in [0.05, 0.1) is 0 Å². The molecule has 0 unspecified atom stereocenters. The van der Waals surface area contributed by atoms with E-state index in [1.54, 1.807) is 12.4 Å². The van der Waals surface area contributed by atoms with Crippen LogP contribution >= 0.6 is 0 Å². The first kappa shape index (κ1) is 16.1. The van der Waals surface area contributed by atoms with E-state index in [0.29, 0.717) is 24.3 Å². The van der Waals surface area contributed by atoms with Crippen LogP contribution in [-0.4, -0.2) is 30.3 Å². The van der Waals surface area contributed by atoms with Gasteiger partial charge in [-0.15, -0.1) is 0 Å². The van der Waals surface area contributed by atoms with Crippen LogP contribution in [0.2, 0.25) is 0 Å². The molecule has 0 atom stereocenters. The summed E-state index contributed by atoms with van der Waals surface area (Å²) in [4.78, 5) is 8.63. The summed E-state index contributed by atoms with van der Waals surface area (Å²) in [6, 6.07) is 11.6. The molecule has 0 fully saturated rings. The fourth-order valence-corrected chi connectivity index (χ4v) is 2.54. The summed E-state index contributed by atoms with van der Waals surface area (Å²) in [6.07, 6.45) is 4.20. The third kappa shape index (κ3) is 3.59. The second kappa shape index (κ2) is 7.68. The predicted octanol–water partition coefficient (Wildman–Crippen LogP) is 2.36. The molecule has 6 heteroatoms. The van der Waals surface area contributed by atoms with Crippen molar-refractivity contribution in [2.45, 2.75) is 13.3 Å². The third-order valence-electron chi connectivity index (χ3n) is 3.70. The number of nitrogens with zero attached hydrogens (tertiary/aromatic N) is 2. The van der Waals surface area contributed by atoms with E-state index >= 15 is 0 Å². The molecule has 3 rings (SSSR count). The predicted molar refractivity (Wildman–Crippen MR) is 95.4 cm³/mol.